The topological polar surface area (TPSA) is 35.6 Å². The van der Waals surface area contributed by atoms with Crippen LogP contribution in [0.4, 0.5) is 4.79 Å². The van der Waals surface area contributed by atoms with Gasteiger partial charge in [0.2, 0.25) is 0 Å². The first kappa shape index (κ1) is 14.4. The van der Waals surface area contributed by atoms with Gasteiger partial charge in [0.25, 0.3) is 0 Å². The minimum absolute atomic E-state index is 0.0916. The van der Waals surface area contributed by atoms with Gasteiger partial charge in [0.15, 0.2) is 0 Å². The molecule has 1 N–H and O–H groups in total. The number of carbonyl (C=O) groups excluding carboxylic acids is 1. The Balaban J connectivity index is 1.70. The van der Waals surface area contributed by atoms with Gasteiger partial charge in [-0.2, -0.15) is 0 Å². The number of nitrogens with one attached hydrogen (secondary N) is 1. The maximum Gasteiger partial charge on any atom is 0.317 e. The van der Waals surface area contributed by atoms with Crippen LogP contribution < -0.4 is 5.32 Å². The summed E-state index contributed by atoms with van der Waals surface area (Å²) in [6.45, 7) is 5.55. The van der Waals surface area contributed by atoms with Crippen molar-refractivity contribution in [3.8, 4) is 0 Å². The van der Waals surface area contributed by atoms with Crippen LogP contribution in [0.25, 0.3) is 0 Å². The Bertz CT molecular complexity index is 472. The van der Waals surface area contributed by atoms with Crippen molar-refractivity contribution in [3.05, 3.63) is 35.9 Å². The van der Waals surface area contributed by atoms with Gasteiger partial charge in [-0.1, -0.05) is 30.3 Å². The molecule has 1 saturated carbocycles. The van der Waals surface area contributed by atoms with Crippen molar-refractivity contribution in [2.45, 2.75) is 38.3 Å². The number of piperazine rings is 1. The number of rotatable bonds is 4. The van der Waals surface area contributed by atoms with E-state index in [1.165, 1.54) is 18.4 Å². The van der Waals surface area contributed by atoms with E-state index in [0.717, 1.165) is 32.1 Å². The predicted molar refractivity (Wildman–Crippen MR) is 84.3 cm³/mol. The average Bonchev–Trinajstić information content (AvgIpc) is 3.33. The molecule has 1 aromatic carbocycles. The first-order valence-electron chi connectivity index (χ1n) is 8.10. The summed E-state index contributed by atoms with van der Waals surface area (Å²) in [5.41, 5.74) is 1.31. The van der Waals surface area contributed by atoms with Gasteiger partial charge in [0, 0.05) is 32.2 Å². The monoisotopic (exact) mass is 287 g/mol. The first-order valence-corrected chi connectivity index (χ1v) is 8.10. The van der Waals surface area contributed by atoms with Crippen molar-refractivity contribution in [2.24, 2.45) is 0 Å². The molecular weight excluding hydrogens is 262 g/mol. The fourth-order valence-electron chi connectivity index (χ4n) is 3.23. The highest BCUT2D eigenvalue weighted by atomic mass is 16.2. The second-order valence-corrected chi connectivity index (χ2v) is 6.10. The van der Waals surface area contributed by atoms with Crippen LogP contribution in [0.2, 0.25) is 0 Å². The van der Waals surface area contributed by atoms with Gasteiger partial charge in [0.1, 0.15) is 0 Å². The van der Waals surface area contributed by atoms with Gasteiger partial charge in [-0.15, -0.1) is 0 Å². The van der Waals surface area contributed by atoms with Crippen LogP contribution in [-0.4, -0.2) is 54.1 Å². The number of benzene rings is 1. The standard InChI is InChI=1S/C17H25N3O/c1-2-18-17(21)20-11-10-19(15-8-9-15)13-16(20)12-14-6-4-3-5-7-14/h3-7,15-16H,2,8-13H2,1H3,(H,18,21). The van der Waals surface area contributed by atoms with Crippen LogP contribution in [0.3, 0.4) is 0 Å². The molecule has 1 unspecified atom stereocenters. The Morgan fingerprint density at radius 3 is 2.67 bits per heavy atom. The quantitative estimate of drug-likeness (QED) is 0.920. The average molecular weight is 287 g/mol. The van der Waals surface area contributed by atoms with Gasteiger partial charge >= 0.3 is 6.03 Å². The fourth-order valence-corrected chi connectivity index (χ4v) is 3.23. The summed E-state index contributed by atoms with van der Waals surface area (Å²) < 4.78 is 0. The lowest BCUT2D eigenvalue weighted by Gasteiger charge is -2.41. The maximum atomic E-state index is 12.3. The maximum absolute atomic E-state index is 12.3. The van der Waals surface area contributed by atoms with Gasteiger partial charge < -0.3 is 10.2 Å². The van der Waals surface area contributed by atoms with Crippen molar-refractivity contribution >= 4 is 6.03 Å². The van der Waals surface area contributed by atoms with E-state index in [2.05, 4.69) is 34.5 Å². The van der Waals surface area contributed by atoms with E-state index in [0.29, 0.717) is 6.54 Å². The fraction of sp³-hybridized carbons (Fsp3) is 0.588. The molecule has 3 rings (SSSR count). The minimum Gasteiger partial charge on any atom is -0.338 e. The summed E-state index contributed by atoms with van der Waals surface area (Å²) in [6.07, 6.45) is 3.61. The third kappa shape index (κ3) is 3.56. The van der Waals surface area contributed by atoms with E-state index in [4.69, 9.17) is 0 Å². The molecule has 1 aliphatic heterocycles. The Morgan fingerprint density at radius 1 is 1.24 bits per heavy atom. The minimum atomic E-state index is 0.0916. The van der Waals surface area contributed by atoms with Gasteiger partial charge in [0.05, 0.1) is 6.04 Å². The predicted octanol–water partition coefficient (Wildman–Crippen LogP) is 2.11. The van der Waals surface area contributed by atoms with E-state index in [9.17, 15) is 4.79 Å². The molecule has 2 aliphatic rings. The lowest BCUT2D eigenvalue weighted by atomic mass is 10.0. The van der Waals surface area contributed by atoms with E-state index < -0.39 is 0 Å². The van der Waals surface area contributed by atoms with Crippen molar-refractivity contribution in [1.29, 1.82) is 0 Å². The SMILES string of the molecule is CCNC(=O)N1CCN(C2CC2)CC1Cc1ccccc1. The number of hydrogen-bond acceptors (Lipinski definition) is 2. The summed E-state index contributed by atoms with van der Waals surface area (Å²) in [6, 6.07) is 11.7. The molecule has 1 aliphatic carbocycles. The van der Waals surface area contributed by atoms with E-state index in [-0.39, 0.29) is 12.1 Å². The van der Waals surface area contributed by atoms with Crippen molar-refractivity contribution in [1.82, 2.24) is 15.1 Å². The lowest BCUT2D eigenvalue weighted by Crippen LogP contribution is -2.58. The Morgan fingerprint density at radius 2 is 2.00 bits per heavy atom. The summed E-state index contributed by atoms with van der Waals surface area (Å²) in [5.74, 6) is 0. The smallest absolute Gasteiger partial charge is 0.317 e. The van der Waals surface area contributed by atoms with Crippen LogP contribution in [0.5, 0.6) is 0 Å². The molecule has 0 bridgehead atoms. The molecule has 2 amide bonds. The van der Waals surface area contributed by atoms with Crippen LogP contribution in [-0.2, 0) is 6.42 Å². The zero-order chi connectivity index (χ0) is 14.7. The Kier molecular flexibility index (Phi) is 4.44. The molecule has 4 heteroatoms. The second-order valence-electron chi connectivity index (χ2n) is 6.10. The molecule has 1 saturated heterocycles. The van der Waals surface area contributed by atoms with Crippen molar-refractivity contribution in [2.75, 3.05) is 26.2 Å². The molecule has 1 aromatic rings. The lowest BCUT2D eigenvalue weighted by molar-refractivity contribution is 0.0895. The molecule has 1 atom stereocenters. The number of hydrogen-bond donors (Lipinski definition) is 1. The Labute approximate surface area is 127 Å². The molecule has 0 aromatic heterocycles. The normalized spacial score (nSPS) is 23.1. The first-order chi connectivity index (χ1) is 10.3. The zero-order valence-electron chi connectivity index (χ0n) is 12.8. The molecule has 21 heavy (non-hydrogen) atoms. The molecular formula is C17H25N3O. The number of amides is 2. The Hall–Kier alpha value is -1.55. The molecule has 2 fully saturated rings. The van der Waals surface area contributed by atoms with E-state index in [1.807, 2.05) is 17.9 Å². The van der Waals surface area contributed by atoms with E-state index in [1.54, 1.807) is 0 Å². The molecule has 0 spiro atoms. The highest BCUT2D eigenvalue weighted by Gasteiger charge is 2.37. The van der Waals surface area contributed by atoms with Gasteiger partial charge in [-0.3, -0.25) is 4.90 Å². The van der Waals surface area contributed by atoms with Crippen LogP contribution in [0, 0.1) is 0 Å². The molecule has 114 valence electrons. The molecule has 0 radical (unpaired) electrons. The third-order valence-corrected chi connectivity index (χ3v) is 4.48. The highest BCUT2D eigenvalue weighted by Crippen LogP contribution is 2.29. The van der Waals surface area contributed by atoms with Crippen molar-refractivity contribution < 1.29 is 4.79 Å². The van der Waals surface area contributed by atoms with Crippen molar-refractivity contribution in [3.63, 3.8) is 0 Å². The highest BCUT2D eigenvalue weighted by molar-refractivity contribution is 5.74. The summed E-state index contributed by atoms with van der Waals surface area (Å²) in [4.78, 5) is 16.9. The number of urea groups is 1. The summed E-state index contributed by atoms with van der Waals surface area (Å²) in [7, 11) is 0. The van der Waals surface area contributed by atoms with E-state index >= 15 is 0 Å². The number of carbonyl (C=O) groups is 1. The third-order valence-electron chi connectivity index (χ3n) is 4.48. The summed E-state index contributed by atoms with van der Waals surface area (Å²) >= 11 is 0. The zero-order valence-corrected chi connectivity index (χ0v) is 12.8. The largest absolute Gasteiger partial charge is 0.338 e. The second kappa shape index (κ2) is 6.48. The van der Waals surface area contributed by atoms with Crippen LogP contribution in [0.15, 0.2) is 30.3 Å². The number of nitrogens with zero attached hydrogens (tertiary/aromatic N) is 2. The van der Waals surface area contributed by atoms with Gasteiger partial charge in [-0.05, 0) is 31.7 Å². The molecule has 1 heterocycles. The summed E-state index contributed by atoms with van der Waals surface area (Å²) in [5, 5.41) is 2.96. The van der Waals surface area contributed by atoms with Gasteiger partial charge in [-0.25, -0.2) is 4.79 Å². The molecule has 4 nitrogen and oxygen atoms in total. The van der Waals surface area contributed by atoms with Crippen LogP contribution in [0.1, 0.15) is 25.3 Å². The van der Waals surface area contributed by atoms with Crippen LogP contribution >= 0.6 is 0 Å².